The highest BCUT2D eigenvalue weighted by Gasteiger charge is 2.03. The van der Waals surface area contributed by atoms with Gasteiger partial charge in [0.05, 0.1) is 12.6 Å². The van der Waals surface area contributed by atoms with Crippen LogP contribution in [0.5, 0.6) is 5.75 Å². The number of carboxylic acids is 1. The summed E-state index contributed by atoms with van der Waals surface area (Å²) in [5.74, 6) is -0.300. The Morgan fingerprint density at radius 2 is 2.29 bits per heavy atom. The van der Waals surface area contributed by atoms with Gasteiger partial charge in [0, 0.05) is 17.7 Å². The van der Waals surface area contributed by atoms with Crippen molar-refractivity contribution in [2.24, 2.45) is 0 Å². The second-order valence-corrected chi connectivity index (χ2v) is 3.46. The van der Waals surface area contributed by atoms with E-state index in [-0.39, 0.29) is 0 Å². The minimum Gasteiger partial charge on any atom is -0.496 e. The van der Waals surface area contributed by atoms with Crippen molar-refractivity contribution in [3.63, 3.8) is 0 Å². The number of ether oxygens (including phenoxy) is 1. The Bertz CT molecular complexity index is 590. The van der Waals surface area contributed by atoms with E-state index in [1.54, 1.807) is 19.4 Å². The van der Waals surface area contributed by atoms with Crippen molar-refractivity contribution in [1.82, 2.24) is 4.98 Å². The predicted molar refractivity (Wildman–Crippen MR) is 65.0 cm³/mol. The van der Waals surface area contributed by atoms with E-state index >= 15 is 0 Å². The molecule has 0 saturated heterocycles. The van der Waals surface area contributed by atoms with Gasteiger partial charge in [-0.2, -0.15) is 0 Å². The molecule has 0 radical (unpaired) electrons. The fourth-order valence-corrected chi connectivity index (χ4v) is 1.60. The third-order valence-electron chi connectivity index (χ3n) is 2.34. The molecule has 4 nitrogen and oxygen atoms in total. The Labute approximate surface area is 98.2 Å². The maximum atomic E-state index is 10.5. The number of carboxylic acid groups (broad SMARTS) is 1. The summed E-state index contributed by atoms with van der Waals surface area (Å²) in [5.41, 5.74) is 1.52. The monoisotopic (exact) mass is 229 g/mol. The lowest BCUT2D eigenvalue weighted by Gasteiger charge is -2.06. The van der Waals surface area contributed by atoms with Gasteiger partial charge in [-0.3, -0.25) is 4.98 Å². The minimum atomic E-state index is -0.981. The predicted octanol–water partition coefficient (Wildman–Crippen LogP) is 2.34. The molecule has 0 aliphatic heterocycles. The summed E-state index contributed by atoms with van der Waals surface area (Å²) < 4.78 is 5.25. The van der Waals surface area contributed by atoms with Gasteiger partial charge in [-0.15, -0.1) is 0 Å². The number of rotatable bonds is 3. The Hall–Kier alpha value is -2.36. The zero-order valence-corrected chi connectivity index (χ0v) is 9.25. The number of methoxy groups -OCH3 is 1. The summed E-state index contributed by atoms with van der Waals surface area (Å²) in [6.07, 6.45) is 4.29. The lowest BCUT2D eigenvalue weighted by Crippen LogP contribution is -1.89. The Kier molecular flexibility index (Phi) is 3.05. The van der Waals surface area contributed by atoms with E-state index in [0.29, 0.717) is 5.75 Å². The number of hydrogen-bond acceptors (Lipinski definition) is 3. The molecule has 17 heavy (non-hydrogen) atoms. The van der Waals surface area contributed by atoms with Gasteiger partial charge in [0.25, 0.3) is 0 Å². The van der Waals surface area contributed by atoms with Crippen LogP contribution in [0.25, 0.3) is 17.0 Å². The molecule has 1 N–H and O–H groups in total. The third-order valence-corrected chi connectivity index (χ3v) is 2.34. The van der Waals surface area contributed by atoms with Gasteiger partial charge in [-0.05, 0) is 35.9 Å². The fraction of sp³-hybridized carbons (Fsp3) is 0.0769. The SMILES string of the molecule is COc1cc(/C=C/C(=O)O)cc2ncccc12. The Morgan fingerprint density at radius 3 is 3.00 bits per heavy atom. The van der Waals surface area contributed by atoms with Crippen molar-refractivity contribution < 1.29 is 14.6 Å². The molecule has 0 fully saturated rings. The number of pyridine rings is 1. The molecule has 0 saturated carbocycles. The van der Waals surface area contributed by atoms with E-state index in [0.717, 1.165) is 22.5 Å². The molecular weight excluding hydrogens is 218 g/mol. The third kappa shape index (κ3) is 2.42. The molecule has 86 valence electrons. The first kappa shape index (κ1) is 11.1. The number of aromatic nitrogens is 1. The lowest BCUT2D eigenvalue weighted by molar-refractivity contribution is -0.131. The average molecular weight is 229 g/mol. The van der Waals surface area contributed by atoms with E-state index in [1.165, 1.54) is 6.08 Å². The molecule has 1 aromatic heterocycles. The van der Waals surface area contributed by atoms with Gasteiger partial charge in [-0.1, -0.05) is 0 Å². The van der Waals surface area contributed by atoms with Crippen LogP contribution in [0.2, 0.25) is 0 Å². The standard InChI is InChI=1S/C13H11NO3/c1-17-12-8-9(4-5-13(15)16)7-11-10(12)3-2-6-14-11/h2-8H,1H3,(H,15,16)/b5-4+. The molecule has 4 heteroatoms. The van der Waals surface area contributed by atoms with Crippen molar-refractivity contribution in [3.05, 3.63) is 42.1 Å². The van der Waals surface area contributed by atoms with E-state index in [2.05, 4.69) is 4.98 Å². The van der Waals surface area contributed by atoms with E-state index in [4.69, 9.17) is 9.84 Å². The number of hydrogen-bond donors (Lipinski definition) is 1. The molecular formula is C13H11NO3. The fourth-order valence-electron chi connectivity index (χ4n) is 1.60. The zero-order valence-electron chi connectivity index (χ0n) is 9.25. The number of nitrogens with zero attached hydrogens (tertiary/aromatic N) is 1. The van der Waals surface area contributed by atoms with E-state index in [9.17, 15) is 4.79 Å². The number of aliphatic carboxylic acids is 1. The summed E-state index contributed by atoms with van der Waals surface area (Å²) >= 11 is 0. The first-order valence-corrected chi connectivity index (χ1v) is 5.04. The van der Waals surface area contributed by atoms with Crippen LogP contribution in [-0.4, -0.2) is 23.2 Å². The molecule has 1 heterocycles. The highest BCUT2D eigenvalue weighted by molar-refractivity contribution is 5.90. The number of fused-ring (bicyclic) bond motifs is 1. The van der Waals surface area contributed by atoms with Gasteiger partial charge in [0.15, 0.2) is 0 Å². The molecule has 0 spiro atoms. The number of carbonyl (C=O) groups is 1. The molecule has 0 bridgehead atoms. The van der Waals surface area contributed by atoms with Gasteiger partial charge in [-0.25, -0.2) is 4.79 Å². The first-order chi connectivity index (χ1) is 8.20. The molecule has 0 aliphatic carbocycles. The van der Waals surface area contributed by atoms with Gasteiger partial charge in [0.1, 0.15) is 5.75 Å². The molecule has 2 aromatic rings. The molecule has 0 atom stereocenters. The Morgan fingerprint density at radius 1 is 1.47 bits per heavy atom. The summed E-state index contributed by atoms with van der Waals surface area (Å²) in [7, 11) is 1.58. The average Bonchev–Trinajstić information content (AvgIpc) is 2.35. The summed E-state index contributed by atoms with van der Waals surface area (Å²) in [4.78, 5) is 14.7. The van der Waals surface area contributed by atoms with E-state index < -0.39 is 5.97 Å². The molecule has 0 aliphatic rings. The van der Waals surface area contributed by atoms with Crippen LogP contribution in [0.15, 0.2) is 36.5 Å². The van der Waals surface area contributed by atoms with Gasteiger partial charge >= 0.3 is 5.97 Å². The van der Waals surface area contributed by atoms with Crippen molar-refractivity contribution in [3.8, 4) is 5.75 Å². The van der Waals surface area contributed by atoms with Crippen LogP contribution < -0.4 is 4.74 Å². The normalized spacial score (nSPS) is 10.9. The van der Waals surface area contributed by atoms with Gasteiger partial charge < -0.3 is 9.84 Å². The summed E-state index contributed by atoms with van der Waals surface area (Å²) in [6, 6.07) is 7.34. The molecule has 2 rings (SSSR count). The van der Waals surface area contributed by atoms with Crippen molar-refractivity contribution in [2.45, 2.75) is 0 Å². The summed E-state index contributed by atoms with van der Waals surface area (Å²) in [6.45, 7) is 0. The van der Waals surface area contributed by atoms with Crippen LogP contribution in [0.4, 0.5) is 0 Å². The second kappa shape index (κ2) is 4.65. The highest BCUT2D eigenvalue weighted by Crippen LogP contribution is 2.26. The zero-order chi connectivity index (χ0) is 12.3. The topological polar surface area (TPSA) is 59.4 Å². The van der Waals surface area contributed by atoms with Crippen molar-refractivity contribution >= 4 is 22.9 Å². The minimum absolute atomic E-state index is 0.681. The maximum absolute atomic E-state index is 10.5. The first-order valence-electron chi connectivity index (χ1n) is 5.04. The van der Waals surface area contributed by atoms with Crippen molar-refractivity contribution in [2.75, 3.05) is 7.11 Å². The molecule has 0 amide bonds. The van der Waals surface area contributed by atoms with Crippen LogP contribution in [-0.2, 0) is 4.79 Å². The summed E-state index contributed by atoms with van der Waals surface area (Å²) in [5, 5.41) is 9.49. The number of benzene rings is 1. The Balaban J connectivity index is 2.56. The van der Waals surface area contributed by atoms with Crippen LogP contribution in [0, 0.1) is 0 Å². The highest BCUT2D eigenvalue weighted by atomic mass is 16.5. The second-order valence-electron chi connectivity index (χ2n) is 3.46. The molecule has 0 unspecified atom stereocenters. The van der Waals surface area contributed by atoms with Crippen LogP contribution in [0.3, 0.4) is 0 Å². The largest absolute Gasteiger partial charge is 0.496 e. The van der Waals surface area contributed by atoms with Crippen LogP contribution >= 0.6 is 0 Å². The van der Waals surface area contributed by atoms with Crippen molar-refractivity contribution in [1.29, 1.82) is 0 Å². The van der Waals surface area contributed by atoms with Gasteiger partial charge in [0.2, 0.25) is 0 Å². The van der Waals surface area contributed by atoms with Crippen LogP contribution in [0.1, 0.15) is 5.56 Å². The quantitative estimate of drug-likeness (QED) is 0.820. The maximum Gasteiger partial charge on any atom is 0.328 e. The van der Waals surface area contributed by atoms with E-state index in [1.807, 2.05) is 18.2 Å². The smallest absolute Gasteiger partial charge is 0.328 e. The lowest BCUT2D eigenvalue weighted by atomic mass is 10.1. The molecule has 1 aromatic carbocycles.